The third-order valence-corrected chi connectivity index (χ3v) is 8.67. The smallest absolute Gasteiger partial charge is 0.251 e. The predicted molar refractivity (Wildman–Crippen MR) is 182 cm³/mol. The quantitative estimate of drug-likeness (QED) is 0.201. The molecule has 0 spiro atoms. The average Bonchev–Trinajstić information content (AvgIpc) is 3.10. The minimum atomic E-state index is -0.557. The number of benzene rings is 2. The van der Waals surface area contributed by atoms with Gasteiger partial charge in [0.25, 0.3) is 5.91 Å². The summed E-state index contributed by atoms with van der Waals surface area (Å²) in [6.45, 7) is 8.55. The fourth-order valence-corrected chi connectivity index (χ4v) is 6.08. The van der Waals surface area contributed by atoms with Gasteiger partial charge in [0.15, 0.2) is 0 Å². The number of carbonyl (C=O) groups excluding carboxylic acids is 2. The zero-order valence-corrected chi connectivity index (χ0v) is 27.0. The Balaban J connectivity index is 1.21. The van der Waals surface area contributed by atoms with E-state index in [2.05, 4.69) is 55.8 Å². The van der Waals surface area contributed by atoms with Crippen LogP contribution in [0.1, 0.15) is 59.6 Å². The standard InChI is InChI=1S/C38H46N6O2/c1-29(2)36(42-37(45)32-13-4-3-5-14-32)38(46)43-23-18-35(19-24-43)44(22-17-33-15-6-8-20-40-33)28-31-12-10-11-30(25-31)26-39-27-34-16-7-9-21-41-34/h3-16,20-21,25,29,35-36,39H,17-19,22-24,26-28H2,1-2H3,(H,42,45). The lowest BCUT2D eigenvalue weighted by Gasteiger charge is -2.40. The highest BCUT2D eigenvalue weighted by Gasteiger charge is 2.33. The normalized spacial score (nSPS) is 14.4. The Hall–Kier alpha value is -4.40. The maximum Gasteiger partial charge on any atom is 0.251 e. The molecular weight excluding hydrogens is 572 g/mol. The molecule has 1 saturated heterocycles. The van der Waals surface area contributed by atoms with Gasteiger partial charge in [-0.25, -0.2) is 0 Å². The lowest BCUT2D eigenvalue weighted by Crippen LogP contribution is -2.54. The summed E-state index contributed by atoms with van der Waals surface area (Å²) >= 11 is 0. The van der Waals surface area contributed by atoms with Gasteiger partial charge in [0, 0.05) is 75.4 Å². The van der Waals surface area contributed by atoms with Crippen LogP contribution in [0.15, 0.2) is 103 Å². The first-order valence-electron chi connectivity index (χ1n) is 16.4. The SMILES string of the molecule is CC(C)C(NC(=O)c1ccccc1)C(=O)N1CCC(N(CCc2ccccn2)Cc2cccc(CNCc3ccccn3)c2)CC1. The van der Waals surface area contributed by atoms with Crippen LogP contribution in [0.25, 0.3) is 0 Å². The minimum Gasteiger partial charge on any atom is -0.341 e. The molecule has 2 aromatic carbocycles. The van der Waals surface area contributed by atoms with Crippen molar-refractivity contribution in [1.29, 1.82) is 0 Å². The molecule has 1 atom stereocenters. The number of aromatic nitrogens is 2. The molecule has 0 aliphatic carbocycles. The molecule has 1 fully saturated rings. The largest absolute Gasteiger partial charge is 0.341 e. The van der Waals surface area contributed by atoms with Crippen LogP contribution in [0.3, 0.4) is 0 Å². The lowest BCUT2D eigenvalue weighted by molar-refractivity contribution is -0.136. The monoisotopic (exact) mass is 618 g/mol. The Morgan fingerprint density at radius 1 is 0.826 bits per heavy atom. The molecule has 1 aliphatic heterocycles. The van der Waals surface area contributed by atoms with Gasteiger partial charge in [0.05, 0.1) is 5.69 Å². The second-order valence-electron chi connectivity index (χ2n) is 12.4. The van der Waals surface area contributed by atoms with Gasteiger partial charge >= 0.3 is 0 Å². The van der Waals surface area contributed by atoms with Crippen molar-refractivity contribution in [3.8, 4) is 0 Å². The van der Waals surface area contributed by atoms with Crippen molar-refractivity contribution in [1.82, 2.24) is 30.4 Å². The number of hydrogen-bond donors (Lipinski definition) is 2. The van der Waals surface area contributed by atoms with E-state index in [9.17, 15) is 9.59 Å². The minimum absolute atomic E-state index is 0.00340. The molecule has 1 unspecified atom stereocenters. The molecule has 2 amide bonds. The second-order valence-corrected chi connectivity index (χ2v) is 12.4. The van der Waals surface area contributed by atoms with Crippen molar-refractivity contribution in [2.24, 2.45) is 5.92 Å². The number of amides is 2. The van der Waals surface area contributed by atoms with E-state index in [0.29, 0.717) is 24.7 Å². The van der Waals surface area contributed by atoms with Crippen LogP contribution in [-0.4, -0.2) is 63.3 Å². The molecule has 0 radical (unpaired) electrons. The maximum absolute atomic E-state index is 13.7. The third kappa shape index (κ3) is 9.55. The van der Waals surface area contributed by atoms with Crippen LogP contribution in [0.2, 0.25) is 0 Å². The van der Waals surface area contributed by atoms with Crippen LogP contribution in [0.4, 0.5) is 0 Å². The number of likely N-dealkylation sites (tertiary alicyclic amines) is 1. The van der Waals surface area contributed by atoms with E-state index in [1.807, 2.05) is 79.7 Å². The summed E-state index contributed by atoms with van der Waals surface area (Å²) in [5.74, 6) is -0.223. The molecule has 8 heteroatoms. The van der Waals surface area contributed by atoms with Crippen molar-refractivity contribution < 1.29 is 9.59 Å². The highest BCUT2D eigenvalue weighted by atomic mass is 16.2. The number of rotatable bonds is 14. The summed E-state index contributed by atoms with van der Waals surface area (Å²) in [6.07, 6.45) is 6.32. The molecule has 4 aromatic rings. The average molecular weight is 619 g/mol. The molecule has 8 nitrogen and oxygen atoms in total. The summed E-state index contributed by atoms with van der Waals surface area (Å²) in [4.78, 5) is 40.1. The van der Waals surface area contributed by atoms with Crippen LogP contribution in [0.5, 0.6) is 0 Å². The van der Waals surface area contributed by atoms with Crippen LogP contribution >= 0.6 is 0 Å². The molecule has 0 bridgehead atoms. The van der Waals surface area contributed by atoms with E-state index in [-0.39, 0.29) is 17.7 Å². The summed E-state index contributed by atoms with van der Waals surface area (Å²) in [7, 11) is 0. The summed E-state index contributed by atoms with van der Waals surface area (Å²) in [5.41, 5.74) is 5.20. The predicted octanol–water partition coefficient (Wildman–Crippen LogP) is 5.26. The first kappa shape index (κ1) is 33.0. The lowest BCUT2D eigenvalue weighted by atomic mass is 9.97. The number of hydrogen-bond acceptors (Lipinski definition) is 6. The fourth-order valence-electron chi connectivity index (χ4n) is 6.08. The van der Waals surface area contributed by atoms with Gasteiger partial charge in [-0.1, -0.05) is 68.4 Å². The van der Waals surface area contributed by atoms with Gasteiger partial charge in [0.2, 0.25) is 5.91 Å². The van der Waals surface area contributed by atoms with Crippen molar-refractivity contribution in [3.05, 3.63) is 131 Å². The second kappa shape index (κ2) is 16.8. The number of carbonyl (C=O) groups is 2. The molecule has 1 aliphatic rings. The van der Waals surface area contributed by atoms with E-state index in [1.54, 1.807) is 12.1 Å². The molecule has 5 rings (SSSR count). The topological polar surface area (TPSA) is 90.5 Å². The van der Waals surface area contributed by atoms with Crippen molar-refractivity contribution >= 4 is 11.8 Å². The molecule has 3 heterocycles. The van der Waals surface area contributed by atoms with Crippen molar-refractivity contribution in [2.75, 3.05) is 19.6 Å². The first-order chi connectivity index (χ1) is 22.5. The zero-order valence-electron chi connectivity index (χ0n) is 27.0. The number of nitrogens with one attached hydrogen (secondary N) is 2. The van der Waals surface area contributed by atoms with Crippen molar-refractivity contribution in [3.63, 3.8) is 0 Å². The Morgan fingerprint density at radius 2 is 1.50 bits per heavy atom. The van der Waals surface area contributed by atoms with E-state index in [1.165, 1.54) is 11.1 Å². The Bertz CT molecular complexity index is 1510. The van der Waals surface area contributed by atoms with Gasteiger partial charge in [0.1, 0.15) is 6.04 Å². The maximum atomic E-state index is 13.7. The van der Waals surface area contributed by atoms with E-state index in [4.69, 9.17) is 0 Å². The summed E-state index contributed by atoms with van der Waals surface area (Å²) in [6, 6.07) is 29.7. The number of pyridine rings is 2. The first-order valence-corrected chi connectivity index (χ1v) is 16.4. The van der Waals surface area contributed by atoms with E-state index < -0.39 is 6.04 Å². The highest BCUT2D eigenvalue weighted by molar-refractivity contribution is 5.97. The van der Waals surface area contributed by atoms with Gasteiger partial charge in [-0.15, -0.1) is 0 Å². The highest BCUT2D eigenvalue weighted by Crippen LogP contribution is 2.22. The summed E-state index contributed by atoms with van der Waals surface area (Å²) < 4.78 is 0. The molecule has 0 saturated carbocycles. The number of piperidine rings is 1. The van der Waals surface area contributed by atoms with Gasteiger partial charge in [-0.2, -0.15) is 0 Å². The van der Waals surface area contributed by atoms with Crippen molar-refractivity contribution in [2.45, 2.75) is 64.8 Å². The third-order valence-electron chi connectivity index (χ3n) is 8.67. The van der Waals surface area contributed by atoms with Gasteiger partial charge < -0.3 is 15.5 Å². The number of nitrogens with zero attached hydrogens (tertiary/aromatic N) is 4. The molecule has 2 N–H and O–H groups in total. The summed E-state index contributed by atoms with van der Waals surface area (Å²) in [5, 5.41) is 6.52. The molecule has 2 aromatic heterocycles. The molecular formula is C38H46N6O2. The van der Waals surface area contributed by atoms with E-state index >= 15 is 0 Å². The molecule has 240 valence electrons. The Labute approximate surface area is 273 Å². The Kier molecular flexibility index (Phi) is 12.0. The molecule has 46 heavy (non-hydrogen) atoms. The van der Waals surface area contributed by atoms with Crippen LogP contribution in [0, 0.1) is 5.92 Å². The van der Waals surface area contributed by atoms with Gasteiger partial charge in [-0.05, 0) is 66.3 Å². The Morgan fingerprint density at radius 3 is 2.17 bits per heavy atom. The van der Waals surface area contributed by atoms with Crippen LogP contribution < -0.4 is 10.6 Å². The fraction of sp³-hybridized carbons (Fsp3) is 0.368. The zero-order chi connectivity index (χ0) is 32.1. The van der Waals surface area contributed by atoms with E-state index in [0.717, 1.165) is 56.8 Å². The van der Waals surface area contributed by atoms with Gasteiger partial charge in [-0.3, -0.25) is 24.5 Å². The van der Waals surface area contributed by atoms with Crippen LogP contribution in [-0.2, 0) is 30.8 Å².